The van der Waals surface area contributed by atoms with Crippen LogP contribution in [0.5, 0.6) is 0 Å². The number of rotatable bonds is 0. The second-order valence-corrected chi connectivity index (χ2v) is 4.20. The second-order valence-electron chi connectivity index (χ2n) is 3.87. The predicted octanol–water partition coefficient (Wildman–Crippen LogP) is 4.67. The van der Waals surface area contributed by atoms with E-state index in [1.54, 1.807) is 48.5 Å². The first kappa shape index (κ1) is 8.95. The average Bonchev–Trinajstić information content (AvgIpc) is 2.55. The van der Waals surface area contributed by atoms with Gasteiger partial charge in [-0.05, 0) is 34.9 Å². The van der Waals surface area contributed by atoms with Gasteiger partial charge < -0.3 is 0 Å². The lowest BCUT2D eigenvalue weighted by Crippen LogP contribution is -2.20. The number of amides is 1. The van der Waals surface area contributed by atoms with Crippen LogP contribution in [-0.2, 0) is 0 Å². The Morgan fingerprint density at radius 2 is 1.39 bits per heavy atom. The van der Waals surface area contributed by atoms with Crippen LogP contribution in [0.1, 0.15) is 13.9 Å². The van der Waals surface area contributed by atoms with Gasteiger partial charge in [-0.15, -0.1) is 0 Å². The van der Waals surface area contributed by atoms with E-state index in [9.17, 15) is 4.79 Å². The molecule has 3 heteroatoms. The minimum atomic E-state index is -0.660. The molecule has 0 unspecified atom stereocenters. The summed E-state index contributed by atoms with van der Waals surface area (Å²) < 4.78 is 16.3. The molecule has 0 saturated heterocycles. The summed E-state index contributed by atoms with van der Waals surface area (Å²) in [6.45, 7) is 0. The molecule has 1 heterocycles. The van der Waals surface area contributed by atoms with Crippen molar-refractivity contribution in [1.82, 2.24) is 0 Å². The Bertz CT molecular complexity index is 687. The van der Waals surface area contributed by atoms with E-state index in [4.69, 9.17) is 14.3 Å². The average molecular weight is 258 g/mol. The molecule has 0 spiro atoms. The molecule has 2 aromatic carbocycles. The third-order valence-corrected chi connectivity index (χ3v) is 2.97. The minimum absolute atomic E-state index is 0.0773. The van der Waals surface area contributed by atoms with Crippen molar-refractivity contribution in [1.29, 1.82) is 0 Å². The summed E-state index contributed by atoms with van der Waals surface area (Å²) in [5.74, 6) is 0. The Balaban J connectivity index is 2.42. The molecule has 88 valence electrons. The molecule has 18 heavy (non-hydrogen) atoms. The van der Waals surface area contributed by atoms with Gasteiger partial charge in [0, 0.05) is 0 Å². The SMILES string of the molecule is [2H]C1=C([2H])c2ccccc2N(C(=O)Cl)c2ccccc21. The zero-order valence-electron chi connectivity index (χ0n) is 11.4. The van der Waals surface area contributed by atoms with Gasteiger partial charge in [-0.25, -0.2) is 0 Å². The van der Waals surface area contributed by atoms with Crippen molar-refractivity contribution in [2.24, 2.45) is 0 Å². The van der Waals surface area contributed by atoms with Crippen LogP contribution < -0.4 is 4.90 Å². The third kappa shape index (κ3) is 1.71. The molecular formula is C15H10ClNO. The standard InChI is InChI=1S/C15H10ClNO/c16-15(18)17-13-7-3-1-5-11(13)9-10-12-6-2-4-8-14(12)17/h1-10H/i9D,10D. The fourth-order valence-electron chi connectivity index (χ4n) is 2.00. The molecule has 1 aliphatic heterocycles. The van der Waals surface area contributed by atoms with Gasteiger partial charge in [0.2, 0.25) is 0 Å². The number of nitrogens with zero attached hydrogens (tertiary/aromatic N) is 1. The molecule has 1 aliphatic rings. The summed E-state index contributed by atoms with van der Waals surface area (Å²) in [5, 5.41) is -0.660. The van der Waals surface area contributed by atoms with Crippen LogP contribution in [0.4, 0.5) is 16.2 Å². The van der Waals surface area contributed by atoms with Gasteiger partial charge in [0.25, 0.3) is 0 Å². The van der Waals surface area contributed by atoms with Crippen molar-refractivity contribution in [2.75, 3.05) is 4.90 Å². The lowest BCUT2D eigenvalue weighted by Gasteiger charge is -2.21. The predicted molar refractivity (Wildman–Crippen MR) is 75.2 cm³/mol. The summed E-state index contributed by atoms with van der Waals surface area (Å²) in [6, 6.07) is 14.1. The molecule has 0 aromatic heterocycles. The Morgan fingerprint density at radius 3 is 1.83 bits per heavy atom. The summed E-state index contributed by atoms with van der Waals surface area (Å²) in [5.41, 5.74) is 2.07. The fourth-order valence-corrected chi connectivity index (χ4v) is 2.18. The van der Waals surface area contributed by atoms with Crippen molar-refractivity contribution >= 4 is 40.4 Å². The van der Waals surface area contributed by atoms with Crippen molar-refractivity contribution in [3.63, 3.8) is 0 Å². The van der Waals surface area contributed by atoms with Gasteiger partial charge in [0.05, 0.1) is 14.1 Å². The van der Waals surface area contributed by atoms with Gasteiger partial charge in [-0.2, -0.15) is 0 Å². The number of anilines is 2. The molecular weight excluding hydrogens is 246 g/mol. The largest absolute Gasteiger partial charge is 0.325 e. The highest BCUT2D eigenvalue weighted by atomic mass is 35.5. The maximum absolute atomic E-state index is 11.8. The number of carbonyl (C=O) groups is 1. The van der Waals surface area contributed by atoms with E-state index in [1.807, 2.05) is 0 Å². The van der Waals surface area contributed by atoms with Crippen LogP contribution in [0.3, 0.4) is 0 Å². The zero-order valence-corrected chi connectivity index (χ0v) is 10.1. The van der Waals surface area contributed by atoms with E-state index >= 15 is 0 Å². The normalized spacial score (nSPS) is 15.3. The Labute approximate surface area is 113 Å². The van der Waals surface area contributed by atoms with Crippen LogP contribution in [0.25, 0.3) is 12.1 Å². The molecule has 0 aliphatic carbocycles. The Hall–Kier alpha value is -2.06. The maximum atomic E-state index is 11.8. The molecule has 1 amide bonds. The number of halogens is 1. The van der Waals surface area contributed by atoms with Gasteiger partial charge in [0.1, 0.15) is 0 Å². The van der Waals surface area contributed by atoms with Gasteiger partial charge >= 0.3 is 5.37 Å². The van der Waals surface area contributed by atoms with Gasteiger partial charge in [0.15, 0.2) is 0 Å². The molecule has 3 rings (SSSR count). The third-order valence-electron chi connectivity index (χ3n) is 2.80. The van der Waals surface area contributed by atoms with Crippen LogP contribution in [0, 0.1) is 0 Å². The summed E-state index contributed by atoms with van der Waals surface area (Å²) in [6.07, 6.45) is 0. The van der Waals surface area contributed by atoms with Crippen LogP contribution in [0.15, 0.2) is 48.5 Å². The number of hydrogen-bond acceptors (Lipinski definition) is 1. The highest BCUT2D eigenvalue weighted by molar-refractivity contribution is 6.67. The number of benzene rings is 2. The van der Waals surface area contributed by atoms with E-state index in [1.165, 1.54) is 4.90 Å². The molecule has 0 N–H and O–H groups in total. The molecule has 0 atom stereocenters. The number of carbonyl (C=O) groups excluding carboxylic acids is 1. The van der Waals surface area contributed by atoms with Crippen molar-refractivity contribution in [3.8, 4) is 0 Å². The lowest BCUT2D eigenvalue weighted by molar-refractivity contribution is 0.266. The molecule has 0 bridgehead atoms. The first-order valence-electron chi connectivity index (χ1n) is 6.47. The monoisotopic (exact) mass is 257 g/mol. The fraction of sp³-hybridized carbons (Fsp3) is 0. The first-order valence-corrected chi connectivity index (χ1v) is 5.85. The molecule has 0 saturated carbocycles. The van der Waals surface area contributed by atoms with E-state index in [0.717, 1.165) is 0 Å². The smallest absolute Gasteiger partial charge is 0.266 e. The highest BCUT2D eigenvalue weighted by Gasteiger charge is 2.21. The summed E-state index contributed by atoms with van der Waals surface area (Å²) >= 11 is 5.73. The summed E-state index contributed by atoms with van der Waals surface area (Å²) in [4.78, 5) is 13.2. The van der Waals surface area contributed by atoms with Crippen molar-refractivity contribution in [2.45, 2.75) is 0 Å². The number of fused-ring (bicyclic) bond motifs is 2. The number of hydrogen-bond donors (Lipinski definition) is 0. The van der Waals surface area contributed by atoms with E-state index in [2.05, 4.69) is 0 Å². The maximum Gasteiger partial charge on any atom is 0.325 e. The van der Waals surface area contributed by atoms with E-state index in [0.29, 0.717) is 22.5 Å². The number of para-hydroxylation sites is 2. The molecule has 2 aromatic rings. The zero-order chi connectivity index (χ0) is 14.3. The van der Waals surface area contributed by atoms with E-state index in [-0.39, 0.29) is 12.1 Å². The first-order chi connectivity index (χ1) is 9.61. The Morgan fingerprint density at radius 1 is 0.944 bits per heavy atom. The molecule has 2 nitrogen and oxygen atoms in total. The minimum Gasteiger partial charge on any atom is -0.266 e. The van der Waals surface area contributed by atoms with Gasteiger partial charge in [-0.3, -0.25) is 9.69 Å². The van der Waals surface area contributed by atoms with Crippen LogP contribution in [-0.4, -0.2) is 5.37 Å². The molecule has 0 fully saturated rings. The van der Waals surface area contributed by atoms with Crippen molar-refractivity contribution < 1.29 is 7.54 Å². The van der Waals surface area contributed by atoms with Crippen LogP contribution in [0.2, 0.25) is 0 Å². The summed E-state index contributed by atoms with van der Waals surface area (Å²) in [7, 11) is 0. The second kappa shape index (κ2) is 4.31. The Kier molecular flexibility index (Phi) is 2.14. The topological polar surface area (TPSA) is 20.3 Å². The van der Waals surface area contributed by atoms with Crippen molar-refractivity contribution in [3.05, 3.63) is 59.7 Å². The molecule has 0 radical (unpaired) electrons. The lowest BCUT2D eigenvalue weighted by atomic mass is 10.1. The van der Waals surface area contributed by atoms with Crippen LogP contribution >= 0.6 is 11.6 Å². The van der Waals surface area contributed by atoms with Gasteiger partial charge in [-0.1, -0.05) is 48.5 Å². The highest BCUT2D eigenvalue weighted by Crippen LogP contribution is 2.36. The van der Waals surface area contributed by atoms with E-state index < -0.39 is 5.37 Å². The quantitative estimate of drug-likeness (QED) is 0.496.